The molecule has 2 fully saturated rings. The van der Waals surface area contributed by atoms with Crippen molar-refractivity contribution in [1.29, 1.82) is 0 Å². The number of anilines is 1. The fraction of sp³-hybridized carbons (Fsp3) is 0.458. The Morgan fingerprint density at radius 2 is 1.89 bits per heavy atom. The Balaban J connectivity index is 1.86. The average molecular weight is 485 g/mol. The molecule has 5 atom stereocenters. The van der Waals surface area contributed by atoms with E-state index in [4.69, 9.17) is 10.6 Å². The molecule has 4 rings (SSSR count). The summed E-state index contributed by atoms with van der Waals surface area (Å²) in [4.78, 5) is 71.1. The van der Waals surface area contributed by atoms with Gasteiger partial charge in [-0.15, -0.1) is 0 Å². The van der Waals surface area contributed by atoms with Crippen LogP contribution in [0.1, 0.15) is 34.3 Å². The van der Waals surface area contributed by atoms with Gasteiger partial charge in [-0.1, -0.05) is 6.58 Å². The summed E-state index contributed by atoms with van der Waals surface area (Å²) >= 11 is 0. The van der Waals surface area contributed by atoms with Gasteiger partial charge >= 0.3 is 0 Å². The molecule has 35 heavy (non-hydrogen) atoms. The molecule has 186 valence electrons. The van der Waals surface area contributed by atoms with Gasteiger partial charge in [0.25, 0.3) is 0 Å². The predicted octanol–water partition coefficient (Wildman–Crippen LogP) is -0.485. The van der Waals surface area contributed by atoms with Gasteiger partial charge in [-0.2, -0.15) is 0 Å². The quantitative estimate of drug-likeness (QED) is 0.314. The molecule has 0 aliphatic heterocycles. The van der Waals surface area contributed by atoms with E-state index >= 15 is 0 Å². The number of hydroxylamine groups is 1. The predicted molar refractivity (Wildman–Crippen MR) is 122 cm³/mol. The lowest BCUT2D eigenvalue weighted by atomic mass is 9.53. The van der Waals surface area contributed by atoms with E-state index < -0.39 is 64.1 Å². The molecular weight excluding hydrogens is 458 g/mol. The molecule has 3 aliphatic rings. The number of hydrogen-bond donors (Lipinski definition) is 4. The fourth-order valence-corrected chi connectivity index (χ4v) is 5.82. The molecule has 1 aromatic carbocycles. The minimum Gasteiger partial charge on any atom is -0.506 e. The third-order valence-electron chi connectivity index (χ3n) is 7.41. The molecule has 11 heteroatoms. The molecule has 3 aliphatic carbocycles. The largest absolute Gasteiger partial charge is 0.506 e. The van der Waals surface area contributed by atoms with E-state index in [-0.39, 0.29) is 36.1 Å². The molecule has 0 aromatic heterocycles. The Kier molecular flexibility index (Phi) is 5.81. The van der Waals surface area contributed by atoms with E-state index in [9.17, 15) is 34.2 Å². The first-order chi connectivity index (χ1) is 16.4. The number of rotatable bonds is 5. The molecule has 0 radical (unpaired) electrons. The van der Waals surface area contributed by atoms with E-state index in [1.807, 2.05) is 0 Å². The Morgan fingerprint density at radius 3 is 2.46 bits per heavy atom. The van der Waals surface area contributed by atoms with Gasteiger partial charge in [0, 0.05) is 37.7 Å². The highest BCUT2D eigenvalue weighted by Gasteiger charge is 2.66. The van der Waals surface area contributed by atoms with Gasteiger partial charge in [0.2, 0.25) is 5.91 Å². The third-order valence-corrected chi connectivity index (χ3v) is 7.41. The molecule has 1 amide bonds. The molecule has 2 unspecified atom stereocenters. The summed E-state index contributed by atoms with van der Waals surface area (Å²) in [5, 5.41) is 22.3. The molecule has 0 bridgehead atoms. The van der Waals surface area contributed by atoms with Crippen LogP contribution in [0.3, 0.4) is 0 Å². The number of hydrogen-bond acceptors (Lipinski definition) is 10. The monoisotopic (exact) mass is 485 g/mol. The zero-order valence-electron chi connectivity index (χ0n) is 19.6. The third kappa shape index (κ3) is 3.37. The van der Waals surface area contributed by atoms with Crippen molar-refractivity contribution in [2.24, 2.45) is 29.4 Å². The van der Waals surface area contributed by atoms with E-state index in [2.05, 4.69) is 12.1 Å². The number of primary amides is 1. The first-order valence-corrected chi connectivity index (χ1v) is 11.1. The van der Waals surface area contributed by atoms with Gasteiger partial charge in [0.1, 0.15) is 5.75 Å². The van der Waals surface area contributed by atoms with Gasteiger partial charge in [-0.25, -0.2) is 0 Å². The molecule has 0 heterocycles. The first kappa shape index (κ1) is 24.6. The van der Waals surface area contributed by atoms with Gasteiger partial charge in [0.15, 0.2) is 34.7 Å². The second-order valence-electron chi connectivity index (χ2n) is 9.56. The van der Waals surface area contributed by atoms with E-state index in [0.717, 1.165) is 0 Å². The highest BCUT2D eigenvalue weighted by atomic mass is 16.6. The summed E-state index contributed by atoms with van der Waals surface area (Å²) in [7, 11) is 4.87. The Bertz CT molecular complexity index is 1210. The van der Waals surface area contributed by atoms with Crippen LogP contribution < -0.4 is 16.1 Å². The van der Waals surface area contributed by atoms with E-state index in [1.165, 1.54) is 7.11 Å². The summed E-state index contributed by atoms with van der Waals surface area (Å²) in [5.74, 6) is -10.5. The lowest BCUT2D eigenvalue weighted by Crippen LogP contribution is -2.68. The molecule has 2 saturated carbocycles. The zero-order chi connectivity index (χ0) is 26.0. The minimum absolute atomic E-state index is 0.0361. The van der Waals surface area contributed by atoms with Gasteiger partial charge in [0.05, 0.1) is 24.3 Å². The smallest absolute Gasteiger partial charge is 0.235 e. The van der Waals surface area contributed by atoms with Crippen LogP contribution in [0.4, 0.5) is 5.69 Å². The van der Waals surface area contributed by atoms with Crippen LogP contribution in [-0.4, -0.2) is 66.1 Å². The maximum Gasteiger partial charge on any atom is 0.235 e. The van der Waals surface area contributed by atoms with Crippen molar-refractivity contribution in [2.45, 2.75) is 24.9 Å². The number of amides is 1. The Hall–Kier alpha value is -3.57. The number of phenolic OH excluding ortho intramolecular Hbond substituents is 1. The number of phenols is 1. The maximum absolute atomic E-state index is 13.7. The summed E-state index contributed by atoms with van der Waals surface area (Å²) in [6.07, 6.45) is -0.148. The second-order valence-corrected chi connectivity index (χ2v) is 9.56. The van der Waals surface area contributed by atoms with Crippen molar-refractivity contribution in [3.8, 4) is 5.75 Å². The van der Waals surface area contributed by atoms with Gasteiger partial charge in [-0.05, 0) is 30.4 Å². The summed E-state index contributed by atoms with van der Waals surface area (Å²) in [6, 6.07) is 1.64. The molecular formula is C24H27N3O8. The van der Waals surface area contributed by atoms with Crippen molar-refractivity contribution >= 4 is 40.4 Å². The zero-order valence-corrected chi connectivity index (χ0v) is 19.6. The molecule has 0 saturated heterocycles. The van der Waals surface area contributed by atoms with E-state index in [1.54, 1.807) is 25.1 Å². The summed E-state index contributed by atoms with van der Waals surface area (Å²) < 4.78 is 0. The number of nitrogens with two attached hydrogens (primary N) is 1. The lowest BCUT2D eigenvalue weighted by Gasteiger charge is -2.48. The number of nitrogens with zero attached hydrogens (tertiary/aromatic N) is 1. The van der Waals surface area contributed by atoms with Crippen molar-refractivity contribution in [3.05, 3.63) is 29.3 Å². The first-order valence-electron chi connectivity index (χ1n) is 11.1. The van der Waals surface area contributed by atoms with Crippen LogP contribution in [0.5, 0.6) is 5.75 Å². The normalized spacial score (nSPS) is 29.7. The number of Topliss-reactive ketones (excluding diaryl/α,β-unsaturated/α-hetero) is 4. The highest BCUT2D eigenvalue weighted by Crippen LogP contribution is 2.51. The number of benzene rings is 1. The topological polar surface area (TPSA) is 176 Å². The number of aliphatic hydroxyl groups is 1. The van der Waals surface area contributed by atoms with Crippen LogP contribution >= 0.6 is 0 Å². The van der Waals surface area contributed by atoms with Crippen molar-refractivity contribution in [2.75, 3.05) is 26.1 Å². The van der Waals surface area contributed by atoms with Gasteiger partial charge < -0.3 is 20.8 Å². The average Bonchev–Trinajstić information content (AvgIpc) is 2.76. The molecule has 1 aromatic rings. The number of nitrogens with one attached hydrogen (secondary N) is 1. The molecule has 0 spiro atoms. The van der Waals surface area contributed by atoms with Crippen molar-refractivity contribution in [1.82, 2.24) is 5.48 Å². The number of aromatic hydroxyl groups is 1. The fourth-order valence-electron chi connectivity index (χ4n) is 5.82. The number of fused-ring (bicyclic) bond motifs is 3. The van der Waals surface area contributed by atoms with Crippen LogP contribution in [0.25, 0.3) is 5.70 Å². The number of carbonyl (C=O) groups excluding carboxylic acids is 5. The SMILES string of the molecule is C=C(NOC)c1cc(N(C)C)c2c(c1O)C(=O)C1C(=O)[C@]3(O)C(=O)C(C(N)=O)C(=O)C[C@@H]3C[C@@H]1C2. The van der Waals surface area contributed by atoms with Crippen LogP contribution in [0.15, 0.2) is 12.6 Å². The van der Waals surface area contributed by atoms with Crippen LogP contribution in [-0.2, 0) is 30.4 Å². The second kappa shape index (κ2) is 8.28. The number of ketones is 4. The van der Waals surface area contributed by atoms with Gasteiger partial charge in [-0.3, -0.25) is 34.3 Å². The Morgan fingerprint density at radius 1 is 1.23 bits per heavy atom. The van der Waals surface area contributed by atoms with Crippen LogP contribution in [0.2, 0.25) is 0 Å². The Labute approximate surface area is 200 Å². The van der Waals surface area contributed by atoms with E-state index in [0.29, 0.717) is 11.3 Å². The minimum atomic E-state index is -2.68. The number of carbonyl (C=O) groups is 5. The standard InChI is InChI=1S/C24H27N3O8/c1-9(26-35-4)12-8-14(27(2)3)13-6-10-5-11-7-15(28)18(23(25)33)22(32)24(11,34)21(31)16(10)20(30)17(13)19(12)29/h8,10-11,16,18,26,29,34H,1,5-7H2,2-4H3,(H2,25,33)/t10-,11+,16?,18?,24+/m1/s1. The summed E-state index contributed by atoms with van der Waals surface area (Å²) in [5.41, 5.74) is 6.39. The maximum atomic E-state index is 13.7. The van der Waals surface area contributed by atoms with Crippen LogP contribution in [0, 0.1) is 23.7 Å². The lowest BCUT2D eigenvalue weighted by molar-refractivity contribution is -0.175. The van der Waals surface area contributed by atoms with Crippen molar-refractivity contribution in [3.63, 3.8) is 0 Å². The molecule has 5 N–H and O–H groups in total. The summed E-state index contributed by atoms with van der Waals surface area (Å²) in [6.45, 7) is 3.80. The highest BCUT2D eigenvalue weighted by molar-refractivity contribution is 6.31. The molecule has 11 nitrogen and oxygen atoms in total. The van der Waals surface area contributed by atoms with Crippen molar-refractivity contribution < 1.29 is 39.0 Å².